The van der Waals surface area contributed by atoms with Gasteiger partial charge >= 0.3 is 6.18 Å². The summed E-state index contributed by atoms with van der Waals surface area (Å²) >= 11 is 0. The van der Waals surface area contributed by atoms with Gasteiger partial charge in [0.25, 0.3) is 0 Å². The molecule has 0 heterocycles. The number of carbonyl (C=O) groups excluding carboxylic acids is 1. The van der Waals surface area contributed by atoms with Gasteiger partial charge in [-0.25, -0.2) is 4.99 Å². The monoisotopic (exact) mass is 530 g/mol. The lowest BCUT2D eigenvalue weighted by Gasteiger charge is -2.18. The molecule has 1 unspecified atom stereocenters. The Bertz CT molecular complexity index is 655. The third-order valence-corrected chi connectivity index (χ3v) is 3.85. The van der Waals surface area contributed by atoms with Crippen molar-refractivity contribution in [2.24, 2.45) is 4.99 Å². The minimum absolute atomic E-state index is 0. The molecule has 0 aromatic heterocycles. The van der Waals surface area contributed by atoms with Crippen molar-refractivity contribution < 1.29 is 22.7 Å². The molecule has 0 aliphatic rings. The van der Waals surface area contributed by atoms with Crippen molar-refractivity contribution in [3.05, 3.63) is 35.4 Å². The lowest BCUT2D eigenvalue weighted by atomic mass is 10.1. The van der Waals surface area contributed by atoms with Crippen molar-refractivity contribution in [3.8, 4) is 0 Å². The van der Waals surface area contributed by atoms with E-state index in [1.165, 1.54) is 4.90 Å². The Balaban J connectivity index is 0.00000784. The molecule has 29 heavy (non-hydrogen) atoms. The van der Waals surface area contributed by atoms with Crippen LogP contribution in [0.15, 0.2) is 29.3 Å². The molecule has 0 fully saturated rings. The quantitative estimate of drug-likeness (QED) is 0.292. The highest BCUT2D eigenvalue weighted by molar-refractivity contribution is 14.0. The van der Waals surface area contributed by atoms with Crippen LogP contribution in [0, 0.1) is 0 Å². The number of alkyl halides is 3. The fraction of sp³-hybridized carbons (Fsp3) is 0.579. The van der Waals surface area contributed by atoms with Gasteiger partial charge in [0.15, 0.2) is 5.96 Å². The van der Waals surface area contributed by atoms with Crippen LogP contribution in [0.25, 0.3) is 0 Å². The Kier molecular flexibility index (Phi) is 12.9. The molecule has 0 spiro atoms. The number of guanidine groups is 1. The van der Waals surface area contributed by atoms with Crippen LogP contribution < -0.4 is 10.6 Å². The second kappa shape index (κ2) is 13.6. The number of hydrogen-bond acceptors (Lipinski definition) is 3. The Hall–Kier alpha value is -1.56. The first kappa shape index (κ1) is 27.4. The number of benzene rings is 1. The summed E-state index contributed by atoms with van der Waals surface area (Å²) in [4.78, 5) is 17.7. The summed E-state index contributed by atoms with van der Waals surface area (Å²) in [5.74, 6) is 0.422. The number of nitrogens with one attached hydrogen (secondary N) is 2. The van der Waals surface area contributed by atoms with Crippen molar-refractivity contribution in [1.82, 2.24) is 15.5 Å². The molecule has 6 nitrogen and oxygen atoms in total. The van der Waals surface area contributed by atoms with Crippen LogP contribution in [0.2, 0.25) is 0 Å². The van der Waals surface area contributed by atoms with Crippen molar-refractivity contribution >= 4 is 35.8 Å². The second-order valence-corrected chi connectivity index (χ2v) is 6.69. The van der Waals surface area contributed by atoms with Crippen LogP contribution in [-0.4, -0.2) is 56.2 Å². The fourth-order valence-corrected chi connectivity index (χ4v) is 2.08. The van der Waals surface area contributed by atoms with Gasteiger partial charge in [-0.15, -0.1) is 24.0 Å². The molecule has 10 heteroatoms. The first-order chi connectivity index (χ1) is 13.1. The van der Waals surface area contributed by atoms with E-state index >= 15 is 0 Å². The molecule has 1 aromatic carbocycles. The van der Waals surface area contributed by atoms with E-state index < -0.39 is 12.8 Å². The average Bonchev–Trinajstić information content (AvgIpc) is 2.62. The first-order valence-electron chi connectivity index (χ1n) is 9.08. The third-order valence-electron chi connectivity index (χ3n) is 3.85. The van der Waals surface area contributed by atoms with E-state index in [1.54, 1.807) is 32.3 Å². The molecule has 0 bridgehead atoms. The highest BCUT2D eigenvalue weighted by atomic mass is 127. The van der Waals surface area contributed by atoms with Gasteiger partial charge in [0.1, 0.15) is 6.61 Å². The van der Waals surface area contributed by atoms with E-state index in [9.17, 15) is 18.0 Å². The van der Waals surface area contributed by atoms with E-state index in [2.05, 4.69) is 15.6 Å². The predicted octanol–water partition coefficient (Wildman–Crippen LogP) is 3.31. The molecule has 1 atom stereocenters. The lowest BCUT2D eigenvalue weighted by Crippen LogP contribution is -2.45. The predicted molar refractivity (Wildman–Crippen MR) is 118 cm³/mol. The average molecular weight is 530 g/mol. The van der Waals surface area contributed by atoms with E-state index in [4.69, 9.17) is 4.74 Å². The van der Waals surface area contributed by atoms with Gasteiger partial charge in [-0.3, -0.25) is 4.79 Å². The summed E-state index contributed by atoms with van der Waals surface area (Å²) in [7, 11) is 3.35. The highest BCUT2D eigenvalue weighted by Crippen LogP contribution is 2.16. The number of carbonyl (C=O) groups is 1. The maximum absolute atomic E-state index is 12.2. The lowest BCUT2D eigenvalue weighted by molar-refractivity contribution is -0.176. The molecule has 0 saturated heterocycles. The van der Waals surface area contributed by atoms with Crippen LogP contribution >= 0.6 is 24.0 Å². The van der Waals surface area contributed by atoms with Gasteiger partial charge in [0.2, 0.25) is 5.91 Å². The van der Waals surface area contributed by atoms with Gasteiger partial charge in [0, 0.05) is 20.1 Å². The van der Waals surface area contributed by atoms with Crippen molar-refractivity contribution in [2.75, 3.05) is 27.2 Å². The van der Waals surface area contributed by atoms with E-state index in [1.807, 2.05) is 19.9 Å². The normalized spacial score (nSPS) is 12.7. The molecule has 0 saturated carbocycles. The molecule has 1 rings (SSSR count). The minimum Gasteiger partial charge on any atom is -0.367 e. The van der Waals surface area contributed by atoms with E-state index in [0.29, 0.717) is 18.1 Å². The number of ether oxygens (including phenoxy) is 1. The topological polar surface area (TPSA) is 66.0 Å². The molecule has 1 amide bonds. The van der Waals surface area contributed by atoms with Crippen molar-refractivity contribution in [2.45, 2.75) is 45.6 Å². The van der Waals surface area contributed by atoms with Crippen LogP contribution in [0.1, 0.15) is 31.4 Å². The van der Waals surface area contributed by atoms with Crippen LogP contribution in [-0.2, 0) is 22.7 Å². The number of aliphatic imine (C=N–C) groups is 1. The van der Waals surface area contributed by atoms with E-state index in [0.717, 1.165) is 12.0 Å². The summed E-state index contributed by atoms with van der Waals surface area (Å²) in [5.41, 5.74) is 1.47. The molecule has 166 valence electrons. The fourth-order valence-electron chi connectivity index (χ4n) is 2.08. The molecule has 2 N–H and O–H groups in total. The molecule has 0 aliphatic heterocycles. The Morgan fingerprint density at radius 1 is 1.28 bits per heavy atom. The molecular formula is C19H30F3IN4O2. The Morgan fingerprint density at radius 2 is 1.93 bits per heavy atom. The largest absolute Gasteiger partial charge is 0.411 e. The molecule has 1 aromatic rings. The van der Waals surface area contributed by atoms with Crippen molar-refractivity contribution in [3.63, 3.8) is 0 Å². The zero-order valence-electron chi connectivity index (χ0n) is 17.2. The maximum Gasteiger partial charge on any atom is 0.411 e. The van der Waals surface area contributed by atoms with Crippen LogP contribution in [0.4, 0.5) is 13.2 Å². The first-order valence-corrected chi connectivity index (χ1v) is 9.08. The second-order valence-electron chi connectivity index (χ2n) is 6.69. The number of likely N-dealkylation sites (N-methyl/N-ethyl adjacent to an activating group) is 1. The van der Waals surface area contributed by atoms with Gasteiger partial charge in [-0.2, -0.15) is 13.2 Å². The Labute approximate surface area is 187 Å². The highest BCUT2D eigenvalue weighted by Gasteiger charge is 2.27. The third kappa shape index (κ3) is 12.6. The Morgan fingerprint density at radius 3 is 2.52 bits per heavy atom. The van der Waals surface area contributed by atoms with Gasteiger partial charge in [0.05, 0.1) is 19.7 Å². The van der Waals surface area contributed by atoms with Gasteiger partial charge in [-0.1, -0.05) is 31.2 Å². The summed E-state index contributed by atoms with van der Waals surface area (Å²) in [5, 5.41) is 6.21. The van der Waals surface area contributed by atoms with Crippen molar-refractivity contribution in [1.29, 1.82) is 0 Å². The van der Waals surface area contributed by atoms with Gasteiger partial charge in [-0.05, 0) is 24.5 Å². The number of halogens is 4. The standard InChI is InChI=1S/C19H29F3N4O2.HI/c1-5-14(2)25-18(24-11-17(27)26(3)4)23-10-15-7-6-8-16(9-15)12-28-13-19(20,21)22;/h6-9,14H,5,10-13H2,1-4H3,(H2,23,24,25);1H. The number of nitrogens with zero attached hydrogens (tertiary/aromatic N) is 2. The number of rotatable bonds is 9. The number of hydrogen-bond donors (Lipinski definition) is 2. The van der Waals surface area contributed by atoms with Crippen LogP contribution in [0.3, 0.4) is 0 Å². The molecule has 0 radical (unpaired) electrons. The summed E-state index contributed by atoms with van der Waals surface area (Å²) in [6.45, 7) is 3.07. The molecule has 0 aliphatic carbocycles. The smallest absolute Gasteiger partial charge is 0.367 e. The summed E-state index contributed by atoms with van der Waals surface area (Å²) < 4.78 is 41.2. The van der Waals surface area contributed by atoms with Crippen LogP contribution in [0.5, 0.6) is 0 Å². The maximum atomic E-state index is 12.2. The zero-order chi connectivity index (χ0) is 21.2. The number of amides is 1. The summed E-state index contributed by atoms with van der Waals surface area (Å²) in [6.07, 6.45) is -3.46. The summed E-state index contributed by atoms with van der Waals surface area (Å²) in [6, 6.07) is 7.22. The zero-order valence-corrected chi connectivity index (χ0v) is 19.5. The van der Waals surface area contributed by atoms with Gasteiger partial charge < -0.3 is 20.3 Å². The van der Waals surface area contributed by atoms with E-state index in [-0.39, 0.29) is 49.1 Å². The SMILES string of the molecule is CCC(C)NC(=NCc1cccc(COCC(F)(F)F)c1)NCC(=O)N(C)C.I. The molecular weight excluding hydrogens is 500 g/mol. The minimum atomic E-state index is -4.34.